The Bertz CT molecular complexity index is 482. The minimum absolute atomic E-state index is 0.626. The number of nitrogens with two attached hydrogens (primary N) is 1. The van der Waals surface area contributed by atoms with Crippen molar-refractivity contribution in [2.75, 3.05) is 0 Å². The first kappa shape index (κ1) is 10.1. The van der Waals surface area contributed by atoms with Gasteiger partial charge in [-0.15, -0.1) is 11.3 Å². The molecule has 84 valence electrons. The number of rotatable bonds is 4. The average Bonchev–Trinajstić information content (AvgIpc) is 2.81. The summed E-state index contributed by atoms with van der Waals surface area (Å²) >= 11 is 1.72. The highest BCUT2D eigenvalue weighted by Crippen LogP contribution is 2.32. The Morgan fingerprint density at radius 1 is 1.50 bits per heavy atom. The largest absolute Gasteiger partial charge is 0.326 e. The van der Waals surface area contributed by atoms with Gasteiger partial charge < -0.3 is 5.73 Å². The first-order valence-corrected chi connectivity index (χ1v) is 6.54. The van der Waals surface area contributed by atoms with Crippen LogP contribution in [0, 0.1) is 5.92 Å². The van der Waals surface area contributed by atoms with Gasteiger partial charge >= 0.3 is 0 Å². The summed E-state index contributed by atoms with van der Waals surface area (Å²) in [6, 6.07) is 4.26. The van der Waals surface area contributed by atoms with E-state index in [2.05, 4.69) is 27.3 Å². The third-order valence-corrected chi connectivity index (χ3v) is 3.95. The Balaban J connectivity index is 1.89. The molecule has 2 aromatic heterocycles. The topological polar surface area (TPSA) is 43.8 Å². The van der Waals surface area contributed by atoms with Crippen LogP contribution in [0.4, 0.5) is 0 Å². The van der Waals surface area contributed by atoms with E-state index >= 15 is 0 Å². The molecule has 0 aliphatic heterocycles. The Hall–Kier alpha value is -1.13. The number of aromatic nitrogens is 2. The van der Waals surface area contributed by atoms with Crippen molar-refractivity contribution < 1.29 is 0 Å². The molecule has 1 fully saturated rings. The van der Waals surface area contributed by atoms with Crippen LogP contribution in [0.1, 0.15) is 17.7 Å². The average molecular weight is 233 g/mol. The number of hydrogen-bond acceptors (Lipinski definition) is 3. The number of nitrogens with zero attached hydrogens (tertiary/aromatic N) is 2. The normalized spacial score (nSPS) is 15.6. The van der Waals surface area contributed by atoms with Gasteiger partial charge in [0, 0.05) is 35.1 Å². The second-order valence-electron chi connectivity index (χ2n) is 4.35. The number of thiophene rings is 1. The Kier molecular flexibility index (Phi) is 2.53. The van der Waals surface area contributed by atoms with E-state index in [-0.39, 0.29) is 0 Å². The fourth-order valence-corrected chi connectivity index (χ4v) is 2.65. The van der Waals surface area contributed by atoms with Gasteiger partial charge in [0.2, 0.25) is 0 Å². The Labute approximate surface area is 98.9 Å². The standard InChI is InChI=1S/C12H15N3S/c13-6-11-5-10(8-16-11)12-3-4-14-15(12)7-9-1-2-9/h3-5,8-9H,1-2,6-7,13H2. The molecule has 0 amide bonds. The van der Waals surface area contributed by atoms with Gasteiger partial charge in [-0.3, -0.25) is 4.68 Å². The summed E-state index contributed by atoms with van der Waals surface area (Å²) in [6.45, 7) is 1.69. The third kappa shape index (κ3) is 1.90. The second kappa shape index (κ2) is 4.03. The maximum Gasteiger partial charge on any atom is 0.0690 e. The van der Waals surface area contributed by atoms with E-state index in [9.17, 15) is 0 Å². The fraction of sp³-hybridized carbons (Fsp3) is 0.417. The summed E-state index contributed by atoms with van der Waals surface area (Å²) in [5.74, 6) is 0.853. The van der Waals surface area contributed by atoms with E-state index in [0.29, 0.717) is 6.54 Å². The van der Waals surface area contributed by atoms with Crippen LogP contribution in [-0.4, -0.2) is 9.78 Å². The minimum atomic E-state index is 0.626. The molecule has 0 saturated heterocycles. The molecule has 16 heavy (non-hydrogen) atoms. The molecular weight excluding hydrogens is 218 g/mol. The summed E-state index contributed by atoms with van der Waals surface area (Å²) in [6.07, 6.45) is 4.60. The van der Waals surface area contributed by atoms with E-state index in [4.69, 9.17) is 5.73 Å². The first-order chi connectivity index (χ1) is 7.86. The molecule has 2 aromatic rings. The zero-order valence-corrected chi connectivity index (χ0v) is 9.91. The summed E-state index contributed by atoms with van der Waals surface area (Å²) in [5, 5.41) is 6.57. The molecule has 2 heterocycles. The lowest BCUT2D eigenvalue weighted by Gasteiger charge is -2.04. The van der Waals surface area contributed by atoms with Crippen molar-refractivity contribution in [1.29, 1.82) is 0 Å². The summed E-state index contributed by atoms with van der Waals surface area (Å²) in [4.78, 5) is 1.23. The van der Waals surface area contributed by atoms with Gasteiger partial charge in [-0.05, 0) is 30.9 Å². The van der Waals surface area contributed by atoms with Gasteiger partial charge in [0.25, 0.3) is 0 Å². The zero-order chi connectivity index (χ0) is 11.0. The predicted octanol–water partition coefficient (Wildman–Crippen LogP) is 2.48. The van der Waals surface area contributed by atoms with Crippen molar-refractivity contribution in [3.63, 3.8) is 0 Å². The molecule has 0 spiro atoms. The van der Waals surface area contributed by atoms with Crippen LogP contribution in [0.3, 0.4) is 0 Å². The van der Waals surface area contributed by atoms with Gasteiger partial charge in [0.1, 0.15) is 0 Å². The monoisotopic (exact) mass is 233 g/mol. The molecule has 3 rings (SSSR count). The highest BCUT2D eigenvalue weighted by atomic mass is 32.1. The summed E-state index contributed by atoms with van der Waals surface area (Å²) < 4.78 is 2.13. The number of hydrogen-bond donors (Lipinski definition) is 1. The second-order valence-corrected chi connectivity index (χ2v) is 5.34. The van der Waals surface area contributed by atoms with Crippen LogP contribution in [0.25, 0.3) is 11.3 Å². The molecule has 0 bridgehead atoms. The predicted molar refractivity (Wildman–Crippen MR) is 66.2 cm³/mol. The van der Waals surface area contributed by atoms with Crippen LogP contribution in [-0.2, 0) is 13.1 Å². The van der Waals surface area contributed by atoms with E-state index in [1.165, 1.54) is 29.0 Å². The van der Waals surface area contributed by atoms with Gasteiger partial charge in [-0.1, -0.05) is 0 Å². The van der Waals surface area contributed by atoms with Crippen molar-refractivity contribution >= 4 is 11.3 Å². The van der Waals surface area contributed by atoms with Gasteiger partial charge in [0.15, 0.2) is 0 Å². The SMILES string of the molecule is NCc1cc(-c2ccnn2CC2CC2)cs1. The quantitative estimate of drug-likeness (QED) is 0.881. The molecule has 0 atom stereocenters. The smallest absolute Gasteiger partial charge is 0.0690 e. The molecule has 0 unspecified atom stereocenters. The van der Waals surface area contributed by atoms with Crippen LogP contribution in [0.15, 0.2) is 23.7 Å². The van der Waals surface area contributed by atoms with Crippen LogP contribution >= 0.6 is 11.3 Å². The highest BCUT2D eigenvalue weighted by molar-refractivity contribution is 7.10. The zero-order valence-electron chi connectivity index (χ0n) is 9.10. The van der Waals surface area contributed by atoms with Crippen LogP contribution in [0.2, 0.25) is 0 Å². The lowest BCUT2D eigenvalue weighted by atomic mass is 10.2. The van der Waals surface area contributed by atoms with Gasteiger partial charge in [-0.2, -0.15) is 5.10 Å². The minimum Gasteiger partial charge on any atom is -0.326 e. The molecule has 1 aliphatic rings. The molecule has 1 saturated carbocycles. The lowest BCUT2D eigenvalue weighted by molar-refractivity contribution is 0.569. The van der Waals surface area contributed by atoms with E-state index in [1.807, 2.05) is 6.20 Å². The molecule has 2 N–H and O–H groups in total. The Morgan fingerprint density at radius 3 is 3.06 bits per heavy atom. The lowest BCUT2D eigenvalue weighted by Crippen LogP contribution is -2.03. The van der Waals surface area contributed by atoms with Crippen LogP contribution in [0.5, 0.6) is 0 Å². The van der Waals surface area contributed by atoms with Gasteiger partial charge in [-0.25, -0.2) is 0 Å². The molecule has 3 nitrogen and oxygen atoms in total. The molecular formula is C12H15N3S. The highest BCUT2D eigenvalue weighted by Gasteiger charge is 2.23. The Morgan fingerprint density at radius 2 is 2.38 bits per heavy atom. The molecule has 1 aliphatic carbocycles. The van der Waals surface area contributed by atoms with Crippen molar-refractivity contribution in [2.45, 2.75) is 25.9 Å². The molecule has 0 radical (unpaired) electrons. The van der Waals surface area contributed by atoms with E-state index in [1.54, 1.807) is 11.3 Å². The van der Waals surface area contributed by atoms with Crippen LogP contribution < -0.4 is 5.73 Å². The summed E-state index contributed by atoms with van der Waals surface area (Å²) in [7, 11) is 0. The maximum absolute atomic E-state index is 5.63. The van der Waals surface area contributed by atoms with Crippen molar-refractivity contribution in [1.82, 2.24) is 9.78 Å². The molecule has 0 aromatic carbocycles. The fourth-order valence-electron chi connectivity index (χ4n) is 1.89. The van der Waals surface area contributed by atoms with Crippen molar-refractivity contribution in [3.05, 3.63) is 28.6 Å². The van der Waals surface area contributed by atoms with Crippen molar-refractivity contribution in [2.24, 2.45) is 11.7 Å². The maximum atomic E-state index is 5.63. The third-order valence-electron chi connectivity index (χ3n) is 3.00. The van der Waals surface area contributed by atoms with Crippen molar-refractivity contribution in [3.8, 4) is 11.3 Å². The first-order valence-electron chi connectivity index (χ1n) is 5.66. The summed E-state index contributed by atoms with van der Waals surface area (Å²) in [5.41, 5.74) is 8.11. The van der Waals surface area contributed by atoms with Gasteiger partial charge in [0.05, 0.1) is 5.69 Å². The molecule has 4 heteroatoms. The van der Waals surface area contributed by atoms with E-state index in [0.717, 1.165) is 12.5 Å². The van der Waals surface area contributed by atoms with E-state index < -0.39 is 0 Å².